The number of nitro benzene ring substituents is 1. The third-order valence-corrected chi connectivity index (χ3v) is 3.52. The number of non-ortho nitro benzene ring substituents is 1. The number of nitrogens with zero attached hydrogens (tertiary/aromatic N) is 2. The molecule has 0 atom stereocenters. The summed E-state index contributed by atoms with van der Waals surface area (Å²) in [7, 11) is 0. The number of nitro groups is 1. The molecule has 0 aliphatic heterocycles. The van der Waals surface area contributed by atoms with Crippen molar-refractivity contribution >= 4 is 17.0 Å². The van der Waals surface area contributed by atoms with E-state index in [0.717, 1.165) is 10.5 Å². The second-order valence-electron chi connectivity index (χ2n) is 5.04. The zero-order chi connectivity index (χ0) is 17.5. The standard InChI is InChI=1S/C16H9F3N2O3/c17-16(18,19)15(22)14-13(9-11-5-1-2-7-20(11)14)10-4-3-6-12(8-10)21(23)24/h1-9H. The number of alkyl halides is 3. The van der Waals surface area contributed by atoms with Crippen LogP contribution in [-0.2, 0) is 0 Å². The van der Waals surface area contributed by atoms with E-state index >= 15 is 0 Å². The van der Waals surface area contributed by atoms with Crippen LogP contribution in [0.2, 0.25) is 0 Å². The zero-order valence-electron chi connectivity index (χ0n) is 11.9. The summed E-state index contributed by atoms with van der Waals surface area (Å²) >= 11 is 0. The fourth-order valence-corrected chi connectivity index (χ4v) is 2.50. The second kappa shape index (κ2) is 5.48. The van der Waals surface area contributed by atoms with Gasteiger partial charge in [-0.3, -0.25) is 14.9 Å². The monoisotopic (exact) mass is 334 g/mol. The van der Waals surface area contributed by atoms with Crippen molar-refractivity contribution in [2.45, 2.75) is 6.18 Å². The molecule has 0 saturated carbocycles. The zero-order valence-corrected chi connectivity index (χ0v) is 11.9. The number of Topliss-reactive ketones (excluding diaryl/α,β-unsaturated/α-hetero) is 1. The molecule has 0 aliphatic carbocycles. The summed E-state index contributed by atoms with van der Waals surface area (Å²) in [6.45, 7) is 0. The molecule has 2 heterocycles. The molecule has 3 aromatic rings. The number of fused-ring (bicyclic) bond motifs is 1. The smallest absolute Gasteiger partial charge is 0.313 e. The maximum Gasteiger partial charge on any atom is 0.456 e. The van der Waals surface area contributed by atoms with Crippen LogP contribution in [0, 0.1) is 10.1 Å². The molecule has 122 valence electrons. The maximum atomic E-state index is 13.0. The largest absolute Gasteiger partial charge is 0.456 e. The van der Waals surface area contributed by atoms with Crippen LogP contribution in [0.4, 0.5) is 18.9 Å². The van der Waals surface area contributed by atoms with Crippen molar-refractivity contribution in [1.29, 1.82) is 0 Å². The van der Waals surface area contributed by atoms with Gasteiger partial charge in [0.2, 0.25) is 0 Å². The lowest BCUT2D eigenvalue weighted by Crippen LogP contribution is -2.24. The van der Waals surface area contributed by atoms with Gasteiger partial charge in [-0.15, -0.1) is 0 Å². The summed E-state index contributed by atoms with van der Waals surface area (Å²) in [5.41, 5.74) is -0.300. The first-order valence-corrected chi connectivity index (χ1v) is 6.75. The van der Waals surface area contributed by atoms with Crippen LogP contribution < -0.4 is 0 Å². The van der Waals surface area contributed by atoms with Crippen molar-refractivity contribution < 1.29 is 22.9 Å². The molecule has 0 bridgehead atoms. The molecule has 0 aliphatic rings. The summed E-state index contributed by atoms with van der Waals surface area (Å²) in [6.07, 6.45) is -3.71. The van der Waals surface area contributed by atoms with Gasteiger partial charge in [0, 0.05) is 29.4 Å². The molecule has 0 N–H and O–H groups in total. The van der Waals surface area contributed by atoms with E-state index in [-0.39, 0.29) is 16.8 Å². The maximum absolute atomic E-state index is 13.0. The summed E-state index contributed by atoms with van der Waals surface area (Å²) in [5.74, 6) is -2.00. The Morgan fingerprint density at radius 1 is 1.08 bits per heavy atom. The number of pyridine rings is 1. The lowest BCUT2D eigenvalue weighted by molar-refractivity contribution is -0.384. The van der Waals surface area contributed by atoms with Crippen molar-refractivity contribution in [3.05, 3.63) is 70.5 Å². The molecule has 8 heteroatoms. The van der Waals surface area contributed by atoms with Gasteiger partial charge in [-0.25, -0.2) is 0 Å². The number of carbonyl (C=O) groups excluding carboxylic acids is 1. The van der Waals surface area contributed by atoms with Crippen molar-refractivity contribution in [2.24, 2.45) is 0 Å². The Morgan fingerprint density at radius 3 is 2.50 bits per heavy atom. The highest BCUT2D eigenvalue weighted by atomic mass is 19.4. The minimum absolute atomic E-state index is 0.00720. The first kappa shape index (κ1) is 15.7. The predicted molar refractivity (Wildman–Crippen MR) is 79.9 cm³/mol. The number of aromatic nitrogens is 1. The molecule has 1 aromatic carbocycles. The van der Waals surface area contributed by atoms with Gasteiger partial charge in [-0.05, 0) is 23.8 Å². The number of benzene rings is 1. The normalized spacial score (nSPS) is 11.6. The molecule has 3 rings (SSSR count). The number of rotatable bonds is 3. The Morgan fingerprint density at radius 2 is 1.83 bits per heavy atom. The van der Waals surface area contributed by atoms with E-state index in [2.05, 4.69) is 0 Å². The van der Waals surface area contributed by atoms with Gasteiger partial charge in [-0.2, -0.15) is 13.2 Å². The van der Waals surface area contributed by atoms with Crippen LogP contribution in [0.3, 0.4) is 0 Å². The molecular weight excluding hydrogens is 325 g/mol. The van der Waals surface area contributed by atoms with Gasteiger partial charge >= 0.3 is 6.18 Å². The van der Waals surface area contributed by atoms with Crippen LogP contribution in [0.15, 0.2) is 54.7 Å². The Bertz CT molecular complexity index is 961. The van der Waals surface area contributed by atoms with Gasteiger partial charge in [-0.1, -0.05) is 18.2 Å². The van der Waals surface area contributed by atoms with Gasteiger partial charge in [0.05, 0.1) is 4.92 Å². The van der Waals surface area contributed by atoms with E-state index in [1.54, 1.807) is 12.1 Å². The van der Waals surface area contributed by atoms with E-state index in [0.29, 0.717) is 5.52 Å². The molecule has 0 spiro atoms. The molecule has 0 fully saturated rings. The van der Waals surface area contributed by atoms with E-state index in [1.165, 1.54) is 36.5 Å². The topological polar surface area (TPSA) is 64.6 Å². The minimum Gasteiger partial charge on any atom is -0.313 e. The fourth-order valence-electron chi connectivity index (χ4n) is 2.50. The van der Waals surface area contributed by atoms with Gasteiger partial charge in [0.25, 0.3) is 11.5 Å². The molecule has 0 saturated heterocycles. The van der Waals surface area contributed by atoms with Crippen molar-refractivity contribution in [3.8, 4) is 11.1 Å². The van der Waals surface area contributed by atoms with Crippen molar-refractivity contribution in [1.82, 2.24) is 4.40 Å². The summed E-state index contributed by atoms with van der Waals surface area (Å²) < 4.78 is 40.0. The fraction of sp³-hybridized carbons (Fsp3) is 0.0625. The first-order chi connectivity index (χ1) is 11.3. The summed E-state index contributed by atoms with van der Waals surface area (Å²) in [6, 6.07) is 11.2. The van der Waals surface area contributed by atoms with Crippen LogP contribution >= 0.6 is 0 Å². The van der Waals surface area contributed by atoms with Crippen LogP contribution in [0.5, 0.6) is 0 Å². The van der Waals surface area contributed by atoms with E-state index in [4.69, 9.17) is 0 Å². The predicted octanol–water partition coefficient (Wildman–Crippen LogP) is 4.26. The average molecular weight is 334 g/mol. The Labute approximate surface area is 133 Å². The summed E-state index contributed by atoms with van der Waals surface area (Å²) in [5, 5.41) is 10.9. The van der Waals surface area contributed by atoms with E-state index < -0.39 is 22.6 Å². The molecule has 5 nitrogen and oxygen atoms in total. The van der Waals surface area contributed by atoms with Crippen LogP contribution in [-0.4, -0.2) is 21.3 Å². The number of halogens is 3. The van der Waals surface area contributed by atoms with Crippen molar-refractivity contribution in [2.75, 3.05) is 0 Å². The quantitative estimate of drug-likeness (QED) is 0.408. The van der Waals surface area contributed by atoms with Crippen LogP contribution in [0.25, 0.3) is 16.6 Å². The number of carbonyl (C=O) groups is 1. The molecule has 24 heavy (non-hydrogen) atoms. The third-order valence-electron chi connectivity index (χ3n) is 3.52. The Balaban J connectivity index is 2.30. The second-order valence-corrected chi connectivity index (χ2v) is 5.04. The van der Waals surface area contributed by atoms with Crippen molar-refractivity contribution in [3.63, 3.8) is 0 Å². The number of hydrogen-bond acceptors (Lipinski definition) is 3. The van der Waals surface area contributed by atoms with E-state index in [9.17, 15) is 28.1 Å². The molecule has 2 aromatic heterocycles. The molecule has 0 unspecified atom stereocenters. The number of ketones is 1. The Hall–Kier alpha value is -3.16. The SMILES string of the molecule is O=C(c1c(-c2cccc([N+](=O)[O-])c2)cc2ccccn12)C(F)(F)F. The van der Waals surface area contributed by atoms with Crippen LogP contribution in [0.1, 0.15) is 10.5 Å². The lowest BCUT2D eigenvalue weighted by Gasteiger charge is -2.09. The van der Waals surface area contributed by atoms with Gasteiger partial charge in [0.1, 0.15) is 5.69 Å². The highest BCUT2D eigenvalue weighted by Gasteiger charge is 2.42. The van der Waals surface area contributed by atoms with Gasteiger partial charge in [0.15, 0.2) is 0 Å². The van der Waals surface area contributed by atoms with E-state index in [1.807, 2.05) is 0 Å². The van der Waals surface area contributed by atoms with Gasteiger partial charge < -0.3 is 4.40 Å². The summed E-state index contributed by atoms with van der Waals surface area (Å²) in [4.78, 5) is 22.1. The first-order valence-electron chi connectivity index (χ1n) is 6.75. The lowest BCUT2D eigenvalue weighted by atomic mass is 10.0. The average Bonchev–Trinajstić information content (AvgIpc) is 2.92. The third kappa shape index (κ3) is 2.62. The molecule has 0 amide bonds. The number of hydrogen-bond donors (Lipinski definition) is 0. The molecule has 0 radical (unpaired) electrons. The minimum atomic E-state index is -5.06. The highest BCUT2D eigenvalue weighted by molar-refractivity contribution is 6.06. The Kier molecular flexibility index (Phi) is 3.59. The molecular formula is C16H9F3N2O3. The highest BCUT2D eigenvalue weighted by Crippen LogP contribution is 2.33.